The average Bonchev–Trinajstić information content (AvgIpc) is 2.70. The van der Waals surface area contributed by atoms with Crippen LogP contribution in [-0.4, -0.2) is 47.0 Å². The highest BCUT2D eigenvalue weighted by Gasteiger charge is 2.24. The van der Waals surface area contributed by atoms with Gasteiger partial charge in [0.2, 0.25) is 0 Å². The quantitative estimate of drug-likeness (QED) is 0.420. The molecular weight excluding hydrogens is 366 g/mol. The highest BCUT2D eigenvalue weighted by molar-refractivity contribution is 5.46. The first-order chi connectivity index (χ1) is 13.8. The summed E-state index contributed by atoms with van der Waals surface area (Å²) in [4.78, 5) is 2.70. The second-order valence-electron chi connectivity index (χ2n) is 8.30. The van der Waals surface area contributed by atoms with Gasteiger partial charge in [-0.1, -0.05) is 20.3 Å². The van der Waals surface area contributed by atoms with Crippen LogP contribution in [0.2, 0.25) is 0 Å². The van der Waals surface area contributed by atoms with Gasteiger partial charge in [0.1, 0.15) is 11.5 Å². The molecule has 1 saturated heterocycles. The molecule has 2 aliphatic rings. The van der Waals surface area contributed by atoms with E-state index >= 15 is 0 Å². The summed E-state index contributed by atoms with van der Waals surface area (Å²) in [5.41, 5.74) is 22.1. The lowest BCUT2D eigenvalue weighted by atomic mass is 9.90. The lowest BCUT2D eigenvalue weighted by Crippen LogP contribution is -2.43. The van der Waals surface area contributed by atoms with E-state index in [2.05, 4.69) is 16.4 Å². The van der Waals surface area contributed by atoms with Gasteiger partial charge in [-0.05, 0) is 69.2 Å². The van der Waals surface area contributed by atoms with Gasteiger partial charge in [0.25, 0.3) is 0 Å². The molecule has 0 bridgehead atoms. The largest absolute Gasteiger partial charge is 0.508 e. The van der Waals surface area contributed by atoms with Crippen molar-refractivity contribution in [2.75, 3.05) is 19.8 Å². The van der Waals surface area contributed by atoms with E-state index in [-0.39, 0.29) is 30.6 Å². The Bertz CT molecular complexity index is 569. The topological polar surface area (TPSA) is 148 Å². The summed E-state index contributed by atoms with van der Waals surface area (Å²) in [7, 11) is 0. The maximum absolute atomic E-state index is 9.48. The van der Waals surface area contributed by atoms with E-state index in [9.17, 15) is 10.2 Å². The Kier molecular flexibility index (Phi) is 12.2. The van der Waals surface area contributed by atoms with E-state index in [1.54, 1.807) is 6.07 Å². The molecule has 7 heteroatoms. The predicted octanol–water partition coefficient (Wildman–Crippen LogP) is 2.28. The molecule has 0 spiro atoms. The lowest BCUT2D eigenvalue weighted by molar-refractivity contribution is 0.125. The Hall–Kier alpha value is -1.38. The third kappa shape index (κ3) is 8.88. The molecule has 1 heterocycles. The molecule has 0 aromatic heterocycles. The van der Waals surface area contributed by atoms with Gasteiger partial charge in [0, 0.05) is 36.9 Å². The summed E-state index contributed by atoms with van der Waals surface area (Å²) in [6, 6.07) is 4.47. The van der Waals surface area contributed by atoms with E-state index < -0.39 is 0 Å². The summed E-state index contributed by atoms with van der Waals surface area (Å²) in [6.07, 6.45) is 9.48. The molecule has 0 atom stereocenters. The van der Waals surface area contributed by atoms with Crippen molar-refractivity contribution in [2.24, 2.45) is 22.9 Å². The lowest BCUT2D eigenvalue weighted by Gasteiger charge is -2.38. The molecule has 1 aromatic rings. The van der Waals surface area contributed by atoms with Crippen LogP contribution in [0.4, 0.5) is 0 Å². The highest BCUT2D eigenvalue weighted by atomic mass is 16.3. The smallest absolute Gasteiger partial charge is 0.123 e. The van der Waals surface area contributed by atoms with Crippen molar-refractivity contribution in [1.82, 2.24) is 4.90 Å². The first-order valence-corrected chi connectivity index (χ1v) is 11.0. The average molecular weight is 410 g/mol. The summed E-state index contributed by atoms with van der Waals surface area (Å²) >= 11 is 0. The standard InChI is InChI=1S/C11H22N2.C10H15NO2.CH6N2/c12-10-4-6-11(7-5-10)13-8-2-1-3-9-13;1-6(2)8-3-7(5-11)9(12)4-10(8)13;2-1-3/h10-11H,1-9,12H2;3-4,6,12-13H,5,11H2,1-2H3;1-3H2. The van der Waals surface area contributed by atoms with Crippen molar-refractivity contribution in [3.8, 4) is 11.5 Å². The Morgan fingerprint density at radius 2 is 1.48 bits per heavy atom. The number of rotatable bonds is 3. The van der Waals surface area contributed by atoms with Crippen LogP contribution in [0.15, 0.2) is 12.1 Å². The van der Waals surface area contributed by atoms with Gasteiger partial charge in [0.05, 0.1) is 0 Å². The molecule has 168 valence electrons. The van der Waals surface area contributed by atoms with Crippen LogP contribution in [-0.2, 0) is 6.54 Å². The van der Waals surface area contributed by atoms with Crippen LogP contribution >= 0.6 is 0 Å². The fourth-order valence-electron chi connectivity index (χ4n) is 4.02. The van der Waals surface area contributed by atoms with Gasteiger partial charge in [-0.15, -0.1) is 0 Å². The maximum Gasteiger partial charge on any atom is 0.123 e. The molecule has 1 saturated carbocycles. The number of phenols is 2. The van der Waals surface area contributed by atoms with E-state index in [4.69, 9.17) is 11.5 Å². The van der Waals surface area contributed by atoms with Crippen LogP contribution in [0.5, 0.6) is 11.5 Å². The zero-order valence-electron chi connectivity index (χ0n) is 18.3. The molecular formula is C22H43N5O2. The monoisotopic (exact) mass is 409 g/mol. The van der Waals surface area contributed by atoms with Crippen LogP contribution in [0.3, 0.4) is 0 Å². The molecule has 7 nitrogen and oxygen atoms in total. The van der Waals surface area contributed by atoms with Gasteiger partial charge in [-0.3, -0.25) is 0 Å². The number of phenolic OH excluding ortho intramolecular Hbond substituents is 2. The zero-order valence-corrected chi connectivity index (χ0v) is 18.3. The second kappa shape index (κ2) is 13.8. The third-order valence-corrected chi connectivity index (χ3v) is 5.72. The number of benzene rings is 1. The van der Waals surface area contributed by atoms with Crippen LogP contribution in [0.25, 0.3) is 0 Å². The van der Waals surface area contributed by atoms with Crippen molar-refractivity contribution in [2.45, 2.75) is 83.3 Å². The third-order valence-electron chi connectivity index (χ3n) is 5.72. The summed E-state index contributed by atoms with van der Waals surface area (Å²) in [5.74, 6) is 0.417. The van der Waals surface area contributed by atoms with E-state index in [1.807, 2.05) is 13.8 Å². The predicted molar refractivity (Wildman–Crippen MR) is 121 cm³/mol. The number of aromatic hydroxyl groups is 2. The fourth-order valence-corrected chi connectivity index (χ4v) is 4.02. The van der Waals surface area contributed by atoms with Crippen molar-refractivity contribution in [3.05, 3.63) is 23.3 Å². The minimum Gasteiger partial charge on any atom is -0.508 e. The Labute approximate surface area is 176 Å². The molecule has 0 radical (unpaired) electrons. The first kappa shape index (κ1) is 25.7. The Morgan fingerprint density at radius 3 is 1.97 bits per heavy atom. The molecule has 29 heavy (non-hydrogen) atoms. The molecule has 1 aromatic carbocycles. The summed E-state index contributed by atoms with van der Waals surface area (Å²) in [6.45, 7) is 7.18. The number of piperidine rings is 1. The second-order valence-corrected chi connectivity index (χ2v) is 8.30. The summed E-state index contributed by atoms with van der Waals surface area (Å²) < 4.78 is 0. The molecule has 0 amide bonds. The van der Waals surface area contributed by atoms with E-state index in [1.165, 1.54) is 64.1 Å². The molecule has 0 unspecified atom stereocenters. The van der Waals surface area contributed by atoms with Crippen molar-refractivity contribution < 1.29 is 10.2 Å². The molecule has 1 aliphatic heterocycles. The van der Waals surface area contributed by atoms with Gasteiger partial charge >= 0.3 is 0 Å². The minimum absolute atomic E-state index is 0.0596. The number of nitrogens with zero attached hydrogens (tertiary/aromatic N) is 1. The molecule has 10 N–H and O–H groups in total. The summed E-state index contributed by atoms with van der Waals surface area (Å²) in [5, 5.41) is 18.8. The SMILES string of the molecule is CC(C)c1cc(CN)c(O)cc1O.NC1CCC(N2CCCCC2)CC1.NCN. The van der Waals surface area contributed by atoms with Crippen molar-refractivity contribution in [1.29, 1.82) is 0 Å². The van der Waals surface area contributed by atoms with Gasteiger partial charge in [0.15, 0.2) is 0 Å². The fraction of sp³-hybridized carbons (Fsp3) is 0.727. The number of hydrogen-bond acceptors (Lipinski definition) is 7. The number of hydrogen-bond donors (Lipinski definition) is 6. The van der Waals surface area contributed by atoms with Crippen molar-refractivity contribution >= 4 is 0 Å². The molecule has 2 fully saturated rings. The van der Waals surface area contributed by atoms with Gasteiger partial charge < -0.3 is 38.0 Å². The normalized spacial score (nSPS) is 22.3. The number of nitrogens with two attached hydrogens (primary N) is 4. The maximum atomic E-state index is 9.48. The van der Waals surface area contributed by atoms with Crippen molar-refractivity contribution in [3.63, 3.8) is 0 Å². The van der Waals surface area contributed by atoms with E-state index in [0.717, 1.165) is 11.6 Å². The highest BCUT2D eigenvalue weighted by Crippen LogP contribution is 2.31. The Morgan fingerprint density at radius 1 is 0.931 bits per heavy atom. The minimum atomic E-state index is 0.0596. The zero-order chi connectivity index (χ0) is 21.8. The Balaban J connectivity index is 0.000000256. The first-order valence-electron chi connectivity index (χ1n) is 11.0. The van der Waals surface area contributed by atoms with Crippen LogP contribution in [0, 0.1) is 0 Å². The van der Waals surface area contributed by atoms with Crippen LogP contribution < -0.4 is 22.9 Å². The van der Waals surface area contributed by atoms with Crippen LogP contribution in [0.1, 0.15) is 75.8 Å². The molecule has 1 aliphatic carbocycles. The van der Waals surface area contributed by atoms with Gasteiger partial charge in [-0.2, -0.15) is 0 Å². The number of likely N-dealkylation sites (tertiary alicyclic amines) is 1. The van der Waals surface area contributed by atoms with E-state index in [0.29, 0.717) is 11.6 Å². The van der Waals surface area contributed by atoms with Gasteiger partial charge in [-0.25, -0.2) is 0 Å². The molecule has 3 rings (SSSR count).